The molecule has 0 N–H and O–H groups in total. The molecule has 0 aromatic carbocycles. The van der Waals surface area contributed by atoms with E-state index in [0.717, 1.165) is 19.6 Å². The van der Waals surface area contributed by atoms with E-state index in [0.29, 0.717) is 19.7 Å². The van der Waals surface area contributed by atoms with Crippen molar-refractivity contribution in [2.24, 2.45) is 5.41 Å². The van der Waals surface area contributed by atoms with E-state index in [1.807, 2.05) is 20.8 Å². The highest BCUT2D eigenvalue weighted by Gasteiger charge is 2.27. The molecule has 1 amide bonds. The lowest BCUT2D eigenvalue weighted by molar-refractivity contribution is -0.145. The van der Waals surface area contributed by atoms with E-state index in [-0.39, 0.29) is 18.3 Å². The maximum Gasteiger partial charge on any atom is 0.307 e. The van der Waals surface area contributed by atoms with Gasteiger partial charge in [0.2, 0.25) is 5.91 Å². The molecule has 0 aromatic heterocycles. The van der Waals surface area contributed by atoms with Crippen LogP contribution in [0.15, 0.2) is 0 Å². The highest BCUT2D eigenvalue weighted by Crippen LogP contribution is 2.17. The molecule has 0 fully saturated rings. The lowest BCUT2D eigenvalue weighted by atomic mass is 9.94. The minimum absolute atomic E-state index is 0.0824. The number of likely N-dealkylation sites (N-methyl/N-ethyl adjacent to an activating group) is 1. The number of hydrogen-bond donors (Lipinski definition) is 0. The smallest absolute Gasteiger partial charge is 0.307 e. The van der Waals surface area contributed by atoms with E-state index in [2.05, 4.69) is 18.7 Å². The molecule has 0 saturated heterocycles. The second-order valence-corrected chi connectivity index (χ2v) is 6.12. The maximum absolute atomic E-state index is 12.5. The van der Waals surface area contributed by atoms with E-state index < -0.39 is 5.41 Å². The van der Waals surface area contributed by atoms with Gasteiger partial charge >= 0.3 is 5.97 Å². The van der Waals surface area contributed by atoms with Crippen LogP contribution in [0.4, 0.5) is 0 Å². The van der Waals surface area contributed by atoms with Gasteiger partial charge in [-0.1, -0.05) is 34.6 Å². The first-order valence-electron chi connectivity index (χ1n) is 7.93. The third kappa shape index (κ3) is 8.05. The Morgan fingerprint density at radius 3 is 1.95 bits per heavy atom. The zero-order valence-electron chi connectivity index (χ0n) is 14.6. The molecular weight excluding hydrogens is 268 g/mol. The normalized spacial score (nSPS) is 11.6. The SMILES string of the molecule is CCOC(=O)CCN(CCN(CC)CC)C(=O)C(C)(C)C. The zero-order chi connectivity index (χ0) is 16.5. The third-order valence-corrected chi connectivity index (χ3v) is 3.40. The van der Waals surface area contributed by atoms with Gasteiger partial charge in [0, 0.05) is 25.0 Å². The number of rotatable bonds is 9. The molecule has 0 bridgehead atoms. The first-order valence-corrected chi connectivity index (χ1v) is 7.93. The van der Waals surface area contributed by atoms with E-state index in [9.17, 15) is 9.59 Å². The monoisotopic (exact) mass is 300 g/mol. The van der Waals surface area contributed by atoms with Gasteiger partial charge in [0.1, 0.15) is 0 Å². The van der Waals surface area contributed by atoms with Crippen molar-refractivity contribution in [3.8, 4) is 0 Å². The summed E-state index contributed by atoms with van der Waals surface area (Å²) >= 11 is 0. The minimum Gasteiger partial charge on any atom is -0.466 e. The summed E-state index contributed by atoms with van der Waals surface area (Å²) < 4.78 is 4.94. The van der Waals surface area contributed by atoms with Crippen molar-refractivity contribution >= 4 is 11.9 Å². The van der Waals surface area contributed by atoms with Crippen molar-refractivity contribution in [3.05, 3.63) is 0 Å². The zero-order valence-corrected chi connectivity index (χ0v) is 14.6. The van der Waals surface area contributed by atoms with Crippen LogP contribution in [-0.2, 0) is 14.3 Å². The summed E-state index contributed by atoms with van der Waals surface area (Å²) in [4.78, 5) is 28.0. The van der Waals surface area contributed by atoms with E-state index in [4.69, 9.17) is 4.74 Å². The second-order valence-electron chi connectivity index (χ2n) is 6.12. The van der Waals surface area contributed by atoms with Crippen LogP contribution in [0.2, 0.25) is 0 Å². The molecule has 0 radical (unpaired) electrons. The van der Waals surface area contributed by atoms with Crippen molar-refractivity contribution in [1.82, 2.24) is 9.80 Å². The van der Waals surface area contributed by atoms with Gasteiger partial charge in [-0.05, 0) is 20.0 Å². The number of nitrogens with zero attached hydrogens (tertiary/aromatic N) is 2. The second kappa shape index (κ2) is 9.77. The van der Waals surface area contributed by atoms with Gasteiger partial charge in [-0.2, -0.15) is 0 Å². The van der Waals surface area contributed by atoms with Gasteiger partial charge < -0.3 is 14.5 Å². The average Bonchev–Trinajstić information content (AvgIpc) is 2.41. The van der Waals surface area contributed by atoms with Crippen LogP contribution in [0.5, 0.6) is 0 Å². The quantitative estimate of drug-likeness (QED) is 0.612. The van der Waals surface area contributed by atoms with Crippen LogP contribution in [0.1, 0.15) is 48.0 Å². The predicted octanol–water partition coefficient (Wildman–Crippen LogP) is 2.16. The fourth-order valence-corrected chi connectivity index (χ4v) is 2.05. The third-order valence-electron chi connectivity index (χ3n) is 3.40. The van der Waals surface area contributed by atoms with Gasteiger partial charge in [-0.15, -0.1) is 0 Å². The molecule has 0 aliphatic carbocycles. The molecule has 124 valence electrons. The van der Waals surface area contributed by atoms with Crippen LogP contribution >= 0.6 is 0 Å². The highest BCUT2D eigenvalue weighted by molar-refractivity contribution is 5.82. The topological polar surface area (TPSA) is 49.9 Å². The summed E-state index contributed by atoms with van der Waals surface area (Å²) in [5.41, 5.74) is -0.433. The summed E-state index contributed by atoms with van der Waals surface area (Å²) in [6.45, 7) is 15.9. The van der Waals surface area contributed by atoms with E-state index in [1.165, 1.54) is 0 Å². The Balaban J connectivity index is 4.62. The Hall–Kier alpha value is -1.10. The Bertz CT molecular complexity index is 320. The molecule has 0 spiro atoms. The van der Waals surface area contributed by atoms with Crippen molar-refractivity contribution in [3.63, 3.8) is 0 Å². The molecule has 0 heterocycles. The van der Waals surface area contributed by atoms with Crippen LogP contribution in [-0.4, -0.2) is 61.0 Å². The average molecular weight is 300 g/mol. The first-order chi connectivity index (χ1) is 9.76. The fraction of sp³-hybridized carbons (Fsp3) is 0.875. The largest absolute Gasteiger partial charge is 0.466 e. The van der Waals surface area contributed by atoms with Crippen LogP contribution in [0.25, 0.3) is 0 Å². The summed E-state index contributed by atoms with van der Waals surface area (Å²) in [5, 5.41) is 0. The molecule has 0 unspecified atom stereocenters. The fourth-order valence-electron chi connectivity index (χ4n) is 2.05. The standard InChI is InChI=1S/C16H32N2O3/c1-7-17(8-2)12-13-18(15(20)16(4,5)6)11-10-14(19)21-9-3/h7-13H2,1-6H3. The van der Waals surface area contributed by atoms with E-state index in [1.54, 1.807) is 11.8 Å². The molecule has 0 aliphatic heterocycles. The lowest BCUT2D eigenvalue weighted by Gasteiger charge is -2.31. The van der Waals surface area contributed by atoms with Crippen LogP contribution in [0, 0.1) is 5.41 Å². The molecule has 0 aromatic rings. The predicted molar refractivity (Wildman–Crippen MR) is 85.1 cm³/mol. The molecule has 5 heteroatoms. The van der Waals surface area contributed by atoms with Gasteiger partial charge in [0.05, 0.1) is 13.0 Å². The van der Waals surface area contributed by atoms with Crippen molar-refractivity contribution in [1.29, 1.82) is 0 Å². The molecule has 21 heavy (non-hydrogen) atoms. The van der Waals surface area contributed by atoms with Crippen molar-refractivity contribution < 1.29 is 14.3 Å². The van der Waals surface area contributed by atoms with Crippen LogP contribution < -0.4 is 0 Å². The van der Waals surface area contributed by atoms with Crippen molar-refractivity contribution in [2.45, 2.75) is 48.0 Å². The molecular formula is C16H32N2O3. The number of ether oxygens (including phenoxy) is 1. The lowest BCUT2D eigenvalue weighted by Crippen LogP contribution is -2.44. The molecule has 0 rings (SSSR count). The Morgan fingerprint density at radius 1 is 0.952 bits per heavy atom. The molecule has 0 saturated carbocycles. The van der Waals surface area contributed by atoms with E-state index >= 15 is 0 Å². The minimum atomic E-state index is -0.433. The first kappa shape index (κ1) is 19.9. The van der Waals surface area contributed by atoms with Gasteiger partial charge in [0.25, 0.3) is 0 Å². The Labute approximate surface area is 129 Å². The van der Waals surface area contributed by atoms with Gasteiger partial charge in [-0.25, -0.2) is 0 Å². The summed E-state index contributed by atoms with van der Waals surface area (Å²) in [7, 11) is 0. The highest BCUT2D eigenvalue weighted by atomic mass is 16.5. The molecule has 0 aliphatic rings. The Kier molecular flexibility index (Phi) is 9.26. The summed E-state index contributed by atoms with van der Waals surface area (Å²) in [6, 6.07) is 0. The number of carbonyl (C=O) groups excluding carboxylic acids is 2. The number of amides is 1. The molecule has 5 nitrogen and oxygen atoms in total. The number of hydrogen-bond acceptors (Lipinski definition) is 4. The maximum atomic E-state index is 12.5. The van der Waals surface area contributed by atoms with Crippen molar-refractivity contribution in [2.75, 3.05) is 39.3 Å². The Morgan fingerprint density at radius 2 is 1.52 bits per heavy atom. The van der Waals surface area contributed by atoms with Gasteiger partial charge in [-0.3, -0.25) is 9.59 Å². The summed E-state index contributed by atoms with van der Waals surface area (Å²) in [5.74, 6) is -0.161. The van der Waals surface area contributed by atoms with Crippen LogP contribution in [0.3, 0.4) is 0 Å². The number of esters is 1. The molecule has 0 atom stereocenters. The van der Waals surface area contributed by atoms with Gasteiger partial charge in [0.15, 0.2) is 0 Å². The number of carbonyl (C=O) groups is 2. The summed E-state index contributed by atoms with van der Waals surface area (Å²) in [6.07, 6.45) is 0.258.